The molecule has 0 bridgehead atoms. The van der Waals surface area contributed by atoms with Gasteiger partial charge in [0.15, 0.2) is 0 Å². The summed E-state index contributed by atoms with van der Waals surface area (Å²) in [5, 5.41) is 2.77. The first-order valence-corrected chi connectivity index (χ1v) is 4.94. The quantitative estimate of drug-likeness (QED) is 0.758. The molecule has 5 heteroatoms. The predicted molar refractivity (Wildman–Crippen MR) is 56.1 cm³/mol. The molecule has 0 saturated carbocycles. The Hall–Kier alpha value is -1.36. The maximum Gasteiger partial charge on any atom is 0.252 e. The Bertz CT molecular complexity index is 304. The van der Waals surface area contributed by atoms with Crippen LogP contribution in [0.4, 0.5) is 0 Å². The number of imidazole rings is 1. The summed E-state index contributed by atoms with van der Waals surface area (Å²) in [6.07, 6.45) is 4.00. The van der Waals surface area contributed by atoms with E-state index in [1.54, 1.807) is 19.3 Å². The van der Waals surface area contributed by atoms with Crippen LogP contribution in [-0.4, -0.2) is 28.6 Å². The number of nitrogens with one attached hydrogen (secondary N) is 2. The second kappa shape index (κ2) is 4.93. The van der Waals surface area contributed by atoms with E-state index in [9.17, 15) is 4.79 Å². The van der Waals surface area contributed by atoms with Crippen LogP contribution in [0.1, 0.15) is 26.1 Å². The molecule has 2 N–H and O–H groups in total. The van der Waals surface area contributed by atoms with Crippen LogP contribution in [-0.2, 0) is 16.1 Å². The summed E-state index contributed by atoms with van der Waals surface area (Å²) in [5.41, 5.74) is -0.757. The standard InChI is InChI=1S/C10H17N3O2/c1-4-10(2,15-3)9(14)13-7-8-11-5-6-12-8/h5-6H,4,7H2,1-3H3,(H,11,12)(H,13,14). The third kappa shape index (κ3) is 2.79. The van der Waals surface area contributed by atoms with Crippen molar-refractivity contribution < 1.29 is 9.53 Å². The number of carbonyl (C=O) groups is 1. The molecule has 1 aromatic heterocycles. The van der Waals surface area contributed by atoms with Gasteiger partial charge in [0, 0.05) is 19.5 Å². The highest BCUT2D eigenvalue weighted by atomic mass is 16.5. The molecule has 5 nitrogen and oxygen atoms in total. The van der Waals surface area contributed by atoms with Crippen LogP contribution in [0.2, 0.25) is 0 Å². The summed E-state index contributed by atoms with van der Waals surface area (Å²) in [4.78, 5) is 18.7. The molecule has 1 aromatic rings. The van der Waals surface area contributed by atoms with Crippen molar-refractivity contribution in [2.45, 2.75) is 32.4 Å². The van der Waals surface area contributed by atoms with Gasteiger partial charge in [0.05, 0.1) is 6.54 Å². The van der Waals surface area contributed by atoms with Crippen LogP contribution >= 0.6 is 0 Å². The normalized spacial score (nSPS) is 14.6. The van der Waals surface area contributed by atoms with Crippen LogP contribution in [0, 0.1) is 0 Å². The van der Waals surface area contributed by atoms with Gasteiger partial charge in [0.1, 0.15) is 11.4 Å². The van der Waals surface area contributed by atoms with E-state index in [-0.39, 0.29) is 5.91 Å². The van der Waals surface area contributed by atoms with E-state index in [1.165, 1.54) is 7.11 Å². The second-order valence-corrected chi connectivity index (χ2v) is 3.51. The maximum atomic E-state index is 11.7. The van der Waals surface area contributed by atoms with Gasteiger partial charge in [-0.1, -0.05) is 6.92 Å². The van der Waals surface area contributed by atoms with Crippen LogP contribution in [0.15, 0.2) is 12.4 Å². The third-order valence-electron chi connectivity index (χ3n) is 2.58. The lowest BCUT2D eigenvalue weighted by Crippen LogP contribution is -2.45. The average Bonchev–Trinajstić information content (AvgIpc) is 2.77. The minimum absolute atomic E-state index is 0.121. The summed E-state index contributed by atoms with van der Waals surface area (Å²) in [6.45, 7) is 4.07. The fraction of sp³-hybridized carbons (Fsp3) is 0.600. The zero-order valence-corrected chi connectivity index (χ0v) is 9.33. The van der Waals surface area contributed by atoms with Crippen molar-refractivity contribution in [1.29, 1.82) is 0 Å². The number of nitrogens with zero attached hydrogens (tertiary/aromatic N) is 1. The number of ether oxygens (including phenoxy) is 1. The SMILES string of the molecule is CCC(C)(OC)C(=O)NCc1ncc[nH]1. The molecule has 0 aliphatic rings. The third-order valence-corrected chi connectivity index (χ3v) is 2.58. The van der Waals surface area contributed by atoms with Crippen LogP contribution in [0.3, 0.4) is 0 Å². The molecular formula is C10H17N3O2. The Morgan fingerprint density at radius 1 is 1.73 bits per heavy atom. The first-order chi connectivity index (χ1) is 7.12. The second-order valence-electron chi connectivity index (χ2n) is 3.51. The molecule has 84 valence electrons. The number of methoxy groups -OCH3 is 1. The highest BCUT2D eigenvalue weighted by molar-refractivity contribution is 5.84. The minimum Gasteiger partial charge on any atom is -0.369 e. The fourth-order valence-electron chi connectivity index (χ4n) is 1.14. The largest absolute Gasteiger partial charge is 0.369 e. The van der Waals surface area contributed by atoms with Gasteiger partial charge in [-0.2, -0.15) is 0 Å². The van der Waals surface area contributed by atoms with Crippen molar-refractivity contribution in [3.05, 3.63) is 18.2 Å². The summed E-state index contributed by atoms with van der Waals surface area (Å²) < 4.78 is 5.18. The van der Waals surface area contributed by atoms with Crippen molar-refractivity contribution in [2.75, 3.05) is 7.11 Å². The monoisotopic (exact) mass is 211 g/mol. The van der Waals surface area contributed by atoms with Crippen LogP contribution in [0.5, 0.6) is 0 Å². The molecule has 1 heterocycles. The Morgan fingerprint density at radius 3 is 2.93 bits per heavy atom. The molecule has 0 aliphatic carbocycles. The number of H-pyrrole nitrogens is 1. The Morgan fingerprint density at radius 2 is 2.47 bits per heavy atom. The number of aromatic nitrogens is 2. The lowest BCUT2D eigenvalue weighted by Gasteiger charge is -2.24. The molecule has 1 atom stereocenters. The van der Waals surface area contributed by atoms with Gasteiger partial charge in [-0.05, 0) is 13.3 Å². The zero-order valence-electron chi connectivity index (χ0n) is 9.33. The number of rotatable bonds is 5. The number of carbonyl (C=O) groups excluding carboxylic acids is 1. The zero-order chi connectivity index (χ0) is 11.3. The van der Waals surface area contributed by atoms with Gasteiger partial charge in [0.2, 0.25) is 0 Å². The van der Waals surface area contributed by atoms with E-state index in [0.29, 0.717) is 13.0 Å². The summed E-state index contributed by atoms with van der Waals surface area (Å²) in [7, 11) is 1.54. The molecule has 0 aliphatic heterocycles. The van der Waals surface area contributed by atoms with Crippen molar-refractivity contribution in [3.63, 3.8) is 0 Å². The molecule has 0 fully saturated rings. The molecule has 0 radical (unpaired) electrons. The molecule has 0 saturated heterocycles. The van der Waals surface area contributed by atoms with Gasteiger partial charge in [-0.3, -0.25) is 4.79 Å². The molecule has 0 spiro atoms. The van der Waals surface area contributed by atoms with Crippen molar-refractivity contribution in [1.82, 2.24) is 15.3 Å². The average molecular weight is 211 g/mol. The highest BCUT2D eigenvalue weighted by Gasteiger charge is 2.30. The number of hydrogen-bond donors (Lipinski definition) is 2. The number of aromatic amines is 1. The molecule has 15 heavy (non-hydrogen) atoms. The summed E-state index contributed by atoms with van der Waals surface area (Å²) >= 11 is 0. The van der Waals surface area contributed by atoms with E-state index in [1.807, 2.05) is 6.92 Å². The van der Waals surface area contributed by atoms with E-state index in [4.69, 9.17) is 4.74 Å². The lowest BCUT2D eigenvalue weighted by atomic mass is 10.0. The van der Waals surface area contributed by atoms with Gasteiger partial charge < -0.3 is 15.0 Å². The predicted octanol–water partition coefficient (Wildman–Crippen LogP) is 0.841. The molecule has 1 unspecified atom stereocenters. The molecular weight excluding hydrogens is 194 g/mol. The van der Waals surface area contributed by atoms with E-state index in [2.05, 4.69) is 15.3 Å². The fourth-order valence-corrected chi connectivity index (χ4v) is 1.14. The van der Waals surface area contributed by atoms with Crippen molar-refractivity contribution >= 4 is 5.91 Å². The molecule has 0 aromatic carbocycles. The maximum absolute atomic E-state index is 11.7. The topological polar surface area (TPSA) is 67.0 Å². The van der Waals surface area contributed by atoms with Crippen molar-refractivity contribution in [3.8, 4) is 0 Å². The molecule has 1 rings (SSSR count). The van der Waals surface area contributed by atoms with Crippen LogP contribution in [0.25, 0.3) is 0 Å². The lowest BCUT2D eigenvalue weighted by molar-refractivity contribution is -0.142. The smallest absolute Gasteiger partial charge is 0.252 e. The summed E-state index contributed by atoms with van der Waals surface area (Å²) in [5.74, 6) is 0.613. The first-order valence-electron chi connectivity index (χ1n) is 4.94. The number of hydrogen-bond acceptors (Lipinski definition) is 3. The van der Waals surface area contributed by atoms with Gasteiger partial charge in [-0.15, -0.1) is 0 Å². The first kappa shape index (κ1) is 11.7. The Balaban J connectivity index is 2.48. The Kier molecular flexibility index (Phi) is 3.85. The Labute approximate surface area is 89.2 Å². The number of amides is 1. The van der Waals surface area contributed by atoms with Gasteiger partial charge in [0.25, 0.3) is 5.91 Å². The van der Waals surface area contributed by atoms with Gasteiger partial charge in [-0.25, -0.2) is 4.98 Å². The van der Waals surface area contributed by atoms with Crippen LogP contribution < -0.4 is 5.32 Å². The van der Waals surface area contributed by atoms with Gasteiger partial charge >= 0.3 is 0 Å². The minimum atomic E-state index is -0.757. The van der Waals surface area contributed by atoms with E-state index >= 15 is 0 Å². The highest BCUT2D eigenvalue weighted by Crippen LogP contribution is 2.13. The van der Waals surface area contributed by atoms with Crippen molar-refractivity contribution in [2.24, 2.45) is 0 Å². The van der Waals surface area contributed by atoms with E-state index < -0.39 is 5.60 Å². The summed E-state index contributed by atoms with van der Waals surface area (Å²) in [6, 6.07) is 0. The molecule has 1 amide bonds. The van der Waals surface area contributed by atoms with E-state index in [0.717, 1.165) is 5.82 Å².